The number of nitrogens with zero attached hydrogens (tertiary/aromatic N) is 2. The molecule has 0 saturated carbocycles. The molecule has 2 aromatic carbocycles. The first kappa shape index (κ1) is 19.6. The molecule has 1 atom stereocenters. The number of carbonyl (C=O) groups excluding carboxylic acids is 1. The summed E-state index contributed by atoms with van der Waals surface area (Å²) in [5.41, 5.74) is 4.30. The second-order valence-corrected chi connectivity index (χ2v) is 7.44. The number of halogens is 2. The zero-order valence-corrected chi connectivity index (χ0v) is 16.7. The number of hydrogen-bond acceptors (Lipinski definition) is 3. The minimum atomic E-state index is -0.423. The van der Waals surface area contributed by atoms with Gasteiger partial charge in [-0.15, -0.1) is 0 Å². The average molecular weight is 390 g/mol. The molecule has 1 aliphatic rings. The fourth-order valence-corrected chi connectivity index (χ4v) is 3.64. The molecule has 3 rings (SSSR count). The molecule has 1 fully saturated rings. The van der Waals surface area contributed by atoms with Crippen LogP contribution >= 0.6 is 11.6 Å². The van der Waals surface area contributed by atoms with Gasteiger partial charge >= 0.3 is 0 Å². The fraction of sp³-hybridized carbons (Fsp3) is 0.381. The van der Waals surface area contributed by atoms with Gasteiger partial charge < -0.3 is 10.2 Å². The van der Waals surface area contributed by atoms with E-state index in [1.807, 2.05) is 6.92 Å². The van der Waals surface area contributed by atoms with Crippen LogP contribution in [0.4, 0.5) is 15.8 Å². The van der Waals surface area contributed by atoms with Gasteiger partial charge in [-0.25, -0.2) is 4.39 Å². The largest absolute Gasteiger partial charge is 0.369 e. The predicted molar refractivity (Wildman–Crippen MR) is 109 cm³/mol. The van der Waals surface area contributed by atoms with Crippen molar-refractivity contribution in [1.29, 1.82) is 0 Å². The Bertz CT molecular complexity index is 834. The minimum absolute atomic E-state index is 0.135. The van der Waals surface area contributed by atoms with Crippen LogP contribution < -0.4 is 10.2 Å². The van der Waals surface area contributed by atoms with Crippen LogP contribution in [0.1, 0.15) is 18.1 Å². The normalized spacial score (nSPS) is 16.3. The van der Waals surface area contributed by atoms with Gasteiger partial charge in [-0.1, -0.05) is 23.7 Å². The van der Waals surface area contributed by atoms with Crippen molar-refractivity contribution in [3.8, 4) is 0 Å². The maximum Gasteiger partial charge on any atom is 0.241 e. The third-order valence-corrected chi connectivity index (χ3v) is 5.66. The Labute approximate surface area is 164 Å². The van der Waals surface area contributed by atoms with E-state index in [-0.39, 0.29) is 17.0 Å². The summed E-state index contributed by atoms with van der Waals surface area (Å²) < 4.78 is 13.2. The Morgan fingerprint density at radius 3 is 2.52 bits per heavy atom. The van der Waals surface area contributed by atoms with Crippen molar-refractivity contribution in [1.82, 2.24) is 4.90 Å². The van der Waals surface area contributed by atoms with Crippen molar-refractivity contribution < 1.29 is 9.18 Å². The SMILES string of the molecule is Cc1cccc(N2CCN([C@H](C)C(=O)Nc3ccc(F)cc3Cl)CC2)c1C. The van der Waals surface area contributed by atoms with Crippen molar-refractivity contribution in [2.75, 3.05) is 36.4 Å². The van der Waals surface area contributed by atoms with Crippen molar-refractivity contribution >= 4 is 28.9 Å². The van der Waals surface area contributed by atoms with Crippen molar-refractivity contribution in [2.24, 2.45) is 0 Å². The number of aryl methyl sites for hydroxylation is 1. The summed E-state index contributed by atoms with van der Waals surface area (Å²) in [4.78, 5) is 17.1. The zero-order valence-electron chi connectivity index (χ0n) is 15.9. The van der Waals surface area contributed by atoms with Crippen LogP contribution in [0.2, 0.25) is 5.02 Å². The van der Waals surface area contributed by atoms with Gasteiger partial charge in [0.15, 0.2) is 0 Å². The molecule has 1 amide bonds. The van der Waals surface area contributed by atoms with Gasteiger partial charge in [0.1, 0.15) is 5.82 Å². The summed E-state index contributed by atoms with van der Waals surface area (Å²) in [6.07, 6.45) is 0. The quantitative estimate of drug-likeness (QED) is 0.849. The molecule has 1 saturated heterocycles. The highest BCUT2D eigenvalue weighted by atomic mass is 35.5. The number of benzene rings is 2. The first-order chi connectivity index (χ1) is 12.9. The number of carbonyl (C=O) groups is 1. The Balaban J connectivity index is 1.60. The number of rotatable bonds is 4. The number of anilines is 2. The lowest BCUT2D eigenvalue weighted by Crippen LogP contribution is -2.53. The van der Waals surface area contributed by atoms with E-state index in [0.717, 1.165) is 26.2 Å². The smallest absolute Gasteiger partial charge is 0.241 e. The van der Waals surface area contributed by atoms with E-state index in [9.17, 15) is 9.18 Å². The molecule has 4 nitrogen and oxygen atoms in total. The third-order valence-electron chi connectivity index (χ3n) is 5.35. The first-order valence-electron chi connectivity index (χ1n) is 9.18. The van der Waals surface area contributed by atoms with E-state index in [1.165, 1.54) is 35.0 Å². The lowest BCUT2D eigenvalue weighted by molar-refractivity contribution is -0.120. The van der Waals surface area contributed by atoms with E-state index >= 15 is 0 Å². The van der Waals surface area contributed by atoms with Gasteiger partial charge in [0.25, 0.3) is 0 Å². The molecule has 0 radical (unpaired) electrons. The molecule has 0 aromatic heterocycles. The van der Waals surface area contributed by atoms with Crippen LogP contribution in [0, 0.1) is 19.7 Å². The molecule has 0 bridgehead atoms. The third kappa shape index (κ3) is 4.42. The fourth-order valence-electron chi connectivity index (χ4n) is 3.42. The second kappa shape index (κ2) is 8.28. The topological polar surface area (TPSA) is 35.6 Å². The highest BCUT2D eigenvalue weighted by Crippen LogP contribution is 2.25. The molecule has 1 aliphatic heterocycles. The zero-order chi connectivity index (χ0) is 19.6. The molecule has 2 aromatic rings. The van der Waals surface area contributed by atoms with Crippen LogP contribution in [0.15, 0.2) is 36.4 Å². The number of amides is 1. The minimum Gasteiger partial charge on any atom is -0.369 e. The molecule has 0 aliphatic carbocycles. The van der Waals surface area contributed by atoms with E-state index in [1.54, 1.807) is 0 Å². The van der Waals surface area contributed by atoms with Crippen molar-refractivity contribution in [3.05, 3.63) is 58.4 Å². The summed E-state index contributed by atoms with van der Waals surface area (Å²) in [6, 6.07) is 10.1. The predicted octanol–water partition coefficient (Wildman–Crippen LogP) is 4.25. The Morgan fingerprint density at radius 2 is 1.85 bits per heavy atom. The second-order valence-electron chi connectivity index (χ2n) is 7.03. The molecule has 1 heterocycles. The molecular formula is C21H25ClFN3O. The van der Waals surface area contributed by atoms with Crippen LogP contribution in [0.5, 0.6) is 0 Å². The highest BCUT2D eigenvalue weighted by molar-refractivity contribution is 6.33. The van der Waals surface area contributed by atoms with Gasteiger partial charge in [0.05, 0.1) is 16.8 Å². The molecule has 27 heavy (non-hydrogen) atoms. The van der Waals surface area contributed by atoms with Gasteiger partial charge in [0, 0.05) is 31.9 Å². The van der Waals surface area contributed by atoms with Crippen LogP contribution in [0.25, 0.3) is 0 Å². The van der Waals surface area contributed by atoms with Gasteiger partial charge in [0.2, 0.25) is 5.91 Å². The summed E-state index contributed by atoms with van der Waals surface area (Å²) >= 11 is 6.00. The first-order valence-corrected chi connectivity index (χ1v) is 9.55. The standard InChI is InChI=1S/C21H25ClFN3O/c1-14-5-4-6-20(15(14)2)26-11-9-25(10-12-26)16(3)21(27)24-19-8-7-17(23)13-18(19)22/h4-8,13,16H,9-12H2,1-3H3,(H,24,27)/t16-/m1/s1. The summed E-state index contributed by atoms with van der Waals surface area (Å²) in [6.45, 7) is 9.53. The molecule has 0 unspecified atom stereocenters. The maximum absolute atomic E-state index is 13.2. The van der Waals surface area contributed by atoms with E-state index in [0.29, 0.717) is 5.69 Å². The Morgan fingerprint density at radius 1 is 1.15 bits per heavy atom. The summed E-state index contributed by atoms with van der Waals surface area (Å²) in [7, 11) is 0. The molecule has 0 spiro atoms. The number of piperazine rings is 1. The van der Waals surface area contributed by atoms with Crippen molar-refractivity contribution in [2.45, 2.75) is 26.8 Å². The lowest BCUT2D eigenvalue weighted by atomic mass is 10.1. The molecule has 1 N–H and O–H groups in total. The lowest BCUT2D eigenvalue weighted by Gasteiger charge is -2.39. The van der Waals surface area contributed by atoms with E-state index in [4.69, 9.17) is 11.6 Å². The average Bonchev–Trinajstić information content (AvgIpc) is 2.66. The molecule has 6 heteroatoms. The van der Waals surface area contributed by atoms with Gasteiger partial charge in [-0.3, -0.25) is 9.69 Å². The maximum atomic E-state index is 13.2. The highest BCUT2D eigenvalue weighted by Gasteiger charge is 2.26. The van der Waals surface area contributed by atoms with Crippen LogP contribution in [-0.4, -0.2) is 43.0 Å². The number of hydrogen-bond donors (Lipinski definition) is 1. The Kier molecular flexibility index (Phi) is 6.02. The molecular weight excluding hydrogens is 365 g/mol. The summed E-state index contributed by atoms with van der Waals surface area (Å²) in [5, 5.41) is 3.01. The van der Waals surface area contributed by atoms with Gasteiger partial charge in [-0.2, -0.15) is 0 Å². The van der Waals surface area contributed by atoms with Crippen molar-refractivity contribution in [3.63, 3.8) is 0 Å². The van der Waals surface area contributed by atoms with Crippen LogP contribution in [0.3, 0.4) is 0 Å². The van der Waals surface area contributed by atoms with Gasteiger partial charge in [-0.05, 0) is 56.2 Å². The summed E-state index contributed by atoms with van der Waals surface area (Å²) in [5.74, 6) is -0.558. The van der Waals surface area contributed by atoms with E-state index in [2.05, 4.69) is 47.2 Å². The monoisotopic (exact) mass is 389 g/mol. The van der Waals surface area contributed by atoms with E-state index < -0.39 is 5.82 Å². The Hall–Kier alpha value is -2.11. The van der Waals surface area contributed by atoms with Crippen LogP contribution in [-0.2, 0) is 4.79 Å². The molecule has 144 valence electrons. The number of nitrogens with one attached hydrogen (secondary N) is 1.